The maximum atomic E-state index is 10.8. The monoisotopic (exact) mass is 389 g/mol. The number of carbonyl (C=O) groups is 1. The van der Waals surface area contributed by atoms with Crippen LogP contribution in [0.2, 0.25) is 0 Å². The maximum Gasteiger partial charge on any atom is 0.335 e. The molecule has 1 rings (SSSR count). The van der Waals surface area contributed by atoms with Gasteiger partial charge in [0, 0.05) is 5.56 Å². The molecule has 0 aliphatic rings. The van der Waals surface area contributed by atoms with Crippen LogP contribution in [0.15, 0.2) is 24.3 Å². The lowest BCUT2D eigenvalue weighted by Gasteiger charge is -2.30. The number of hydrogen-bond acceptors (Lipinski definition) is 4. The third kappa shape index (κ3) is 14.8. The summed E-state index contributed by atoms with van der Waals surface area (Å²) in [7, 11) is -0.422. The Morgan fingerprint density at radius 1 is 1.04 bits per heavy atom. The molecule has 0 aliphatic heterocycles. The van der Waals surface area contributed by atoms with E-state index in [1.165, 1.54) is 50.6 Å². The summed E-state index contributed by atoms with van der Waals surface area (Å²) in [6.45, 7) is 4.37. The van der Waals surface area contributed by atoms with Gasteiger partial charge in [-0.05, 0) is 25.0 Å². The zero-order valence-corrected chi connectivity index (χ0v) is 16.7. The molecule has 0 unspecified atom stereocenters. The molecular formula is C18H31NO6S. The highest BCUT2D eigenvalue weighted by molar-refractivity contribution is 7.79. The van der Waals surface area contributed by atoms with Gasteiger partial charge in [-0.2, -0.15) is 0 Å². The molecule has 0 bridgehead atoms. The van der Waals surface area contributed by atoms with Crippen molar-refractivity contribution in [2.75, 3.05) is 20.6 Å². The maximum absolute atomic E-state index is 10.8. The van der Waals surface area contributed by atoms with E-state index in [-0.39, 0.29) is 0 Å². The Hall–Kier alpha value is -1.48. The van der Waals surface area contributed by atoms with Crippen LogP contribution in [-0.4, -0.2) is 53.7 Å². The highest BCUT2D eigenvalue weighted by Gasteiger charge is 2.15. The number of nitrogens with zero attached hydrogens (tertiary/aromatic N) is 1. The second-order valence-corrected chi connectivity index (χ2v) is 7.87. The lowest BCUT2D eigenvalue weighted by atomic mass is 10.1. The Morgan fingerprint density at radius 3 is 1.96 bits per heavy atom. The first-order valence-corrected chi connectivity index (χ1v) is 10.1. The minimum atomic E-state index is -4.92. The number of quaternary nitrogens is 1. The summed E-state index contributed by atoms with van der Waals surface area (Å²) in [5, 5.41) is 8.91. The van der Waals surface area contributed by atoms with Gasteiger partial charge in [0.25, 0.3) is 0 Å². The zero-order chi connectivity index (χ0) is 20.2. The van der Waals surface area contributed by atoms with E-state index in [4.69, 9.17) is 22.6 Å². The standard InChI is InChI=1S/C18H29NO2.H2O4S/c1-4-5-6-7-8-9-14-19(2,3)15-16-10-12-17(13-11-16)18(20)21;1-5(2,3)4/h10-13H,4-9,14-15H2,1-3H3;(H2,1,2,3,4). The Labute approximate surface area is 156 Å². The SMILES string of the molecule is CCCCCCCC[N+](C)(C)Cc1ccc(C(=O)O)cc1.O=S(=O)([O-])O. The molecule has 0 amide bonds. The van der Waals surface area contributed by atoms with Crippen LogP contribution in [0.4, 0.5) is 0 Å². The summed E-state index contributed by atoms with van der Waals surface area (Å²) in [4.78, 5) is 10.8. The summed E-state index contributed by atoms with van der Waals surface area (Å²) in [6, 6.07) is 7.26. The molecule has 1 aromatic rings. The fourth-order valence-electron chi connectivity index (χ4n) is 2.65. The van der Waals surface area contributed by atoms with Crippen molar-refractivity contribution in [3.63, 3.8) is 0 Å². The Balaban J connectivity index is 0.00000110. The van der Waals surface area contributed by atoms with Crippen LogP contribution in [-0.2, 0) is 16.9 Å². The van der Waals surface area contributed by atoms with E-state index in [0.717, 1.165) is 11.0 Å². The van der Waals surface area contributed by atoms with Crippen LogP contribution in [0, 0.1) is 0 Å². The van der Waals surface area contributed by atoms with Gasteiger partial charge in [0.05, 0.1) is 26.2 Å². The number of benzene rings is 1. The molecular weight excluding hydrogens is 358 g/mol. The van der Waals surface area contributed by atoms with Crippen LogP contribution >= 0.6 is 0 Å². The molecule has 0 saturated heterocycles. The highest BCUT2D eigenvalue weighted by Crippen LogP contribution is 2.13. The van der Waals surface area contributed by atoms with Gasteiger partial charge in [-0.3, -0.25) is 4.55 Å². The van der Waals surface area contributed by atoms with Crippen molar-refractivity contribution in [2.24, 2.45) is 0 Å². The van der Waals surface area contributed by atoms with E-state index >= 15 is 0 Å². The first-order valence-electron chi connectivity index (χ1n) is 8.77. The molecule has 0 fully saturated rings. The van der Waals surface area contributed by atoms with Crippen LogP contribution in [0.5, 0.6) is 0 Å². The number of hydrogen-bond donors (Lipinski definition) is 2. The third-order valence-electron chi connectivity index (χ3n) is 3.93. The second kappa shape index (κ2) is 12.0. The summed E-state index contributed by atoms with van der Waals surface area (Å²) in [6.07, 6.45) is 7.95. The van der Waals surface area contributed by atoms with Crippen LogP contribution in [0.25, 0.3) is 0 Å². The first-order chi connectivity index (χ1) is 11.9. The number of rotatable bonds is 10. The van der Waals surface area contributed by atoms with E-state index in [9.17, 15) is 4.79 Å². The Kier molecular flexibility index (Phi) is 11.3. The van der Waals surface area contributed by atoms with Crippen molar-refractivity contribution in [3.05, 3.63) is 35.4 Å². The van der Waals surface area contributed by atoms with E-state index in [1.807, 2.05) is 12.1 Å². The van der Waals surface area contributed by atoms with E-state index in [1.54, 1.807) is 12.1 Å². The van der Waals surface area contributed by atoms with Crippen molar-refractivity contribution in [3.8, 4) is 0 Å². The van der Waals surface area contributed by atoms with Crippen molar-refractivity contribution in [2.45, 2.75) is 52.0 Å². The third-order valence-corrected chi connectivity index (χ3v) is 3.93. The minimum absolute atomic E-state index is 0.361. The van der Waals surface area contributed by atoms with Gasteiger partial charge >= 0.3 is 5.97 Å². The second-order valence-electron chi connectivity index (χ2n) is 7.02. The normalized spacial score (nSPS) is 11.6. The average molecular weight is 390 g/mol. The lowest BCUT2D eigenvalue weighted by Crippen LogP contribution is -2.39. The van der Waals surface area contributed by atoms with Gasteiger partial charge in [-0.15, -0.1) is 0 Å². The molecule has 0 radical (unpaired) electrons. The topological polar surface area (TPSA) is 115 Å². The average Bonchev–Trinajstić information content (AvgIpc) is 2.49. The predicted molar refractivity (Wildman–Crippen MR) is 99.8 cm³/mol. The van der Waals surface area contributed by atoms with Crippen LogP contribution in [0.3, 0.4) is 0 Å². The minimum Gasteiger partial charge on any atom is -0.726 e. The Bertz CT molecular complexity index is 618. The molecule has 0 atom stereocenters. The summed E-state index contributed by atoms with van der Waals surface area (Å²) >= 11 is 0. The van der Waals surface area contributed by atoms with Gasteiger partial charge in [-0.1, -0.05) is 44.7 Å². The number of carboxylic acid groups (broad SMARTS) is 1. The molecule has 0 spiro atoms. The molecule has 2 N–H and O–H groups in total. The molecule has 26 heavy (non-hydrogen) atoms. The van der Waals surface area contributed by atoms with Gasteiger partial charge < -0.3 is 14.1 Å². The quantitative estimate of drug-likeness (QED) is 0.274. The Morgan fingerprint density at radius 2 is 1.50 bits per heavy atom. The number of aromatic carboxylic acids is 1. The molecule has 0 aliphatic carbocycles. The highest BCUT2D eigenvalue weighted by atomic mass is 32.3. The fourth-order valence-corrected chi connectivity index (χ4v) is 2.65. The lowest BCUT2D eigenvalue weighted by molar-refractivity contribution is -0.903. The van der Waals surface area contributed by atoms with Gasteiger partial charge in [0.15, 0.2) is 0 Å². The smallest absolute Gasteiger partial charge is 0.335 e. The molecule has 0 aromatic heterocycles. The number of unbranched alkanes of at least 4 members (excludes halogenated alkanes) is 5. The molecule has 0 saturated carbocycles. The molecule has 7 nitrogen and oxygen atoms in total. The number of carboxylic acids is 1. The van der Waals surface area contributed by atoms with Crippen molar-refractivity contribution in [1.82, 2.24) is 0 Å². The zero-order valence-electron chi connectivity index (χ0n) is 15.8. The first kappa shape index (κ1) is 24.5. The van der Waals surface area contributed by atoms with E-state index in [0.29, 0.717) is 5.56 Å². The van der Waals surface area contributed by atoms with Gasteiger partial charge in [0.2, 0.25) is 10.4 Å². The van der Waals surface area contributed by atoms with Crippen LogP contribution < -0.4 is 0 Å². The van der Waals surface area contributed by atoms with Gasteiger partial charge in [-0.25, -0.2) is 13.2 Å². The van der Waals surface area contributed by atoms with Gasteiger partial charge in [0.1, 0.15) is 6.54 Å². The molecule has 8 heteroatoms. The molecule has 150 valence electrons. The van der Waals surface area contributed by atoms with Crippen molar-refractivity contribution in [1.29, 1.82) is 0 Å². The summed E-state index contributed by atoms with van der Waals surface area (Å²) in [5.74, 6) is -0.859. The molecule has 0 heterocycles. The van der Waals surface area contributed by atoms with Crippen molar-refractivity contribution < 1.29 is 31.9 Å². The van der Waals surface area contributed by atoms with Crippen LogP contribution in [0.1, 0.15) is 61.4 Å². The summed E-state index contributed by atoms with van der Waals surface area (Å²) < 4.78 is 33.8. The molecule has 1 aromatic carbocycles. The summed E-state index contributed by atoms with van der Waals surface area (Å²) in [5.41, 5.74) is 1.57. The predicted octanol–water partition coefficient (Wildman–Crippen LogP) is 3.33. The largest absolute Gasteiger partial charge is 0.726 e. The van der Waals surface area contributed by atoms with Crippen molar-refractivity contribution >= 4 is 16.4 Å². The fraction of sp³-hybridized carbons (Fsp3) is 0.611. The van der Waals surface area contributed by atoms with E-state index in [2.05, 4.69) is 21.0 Å². The van der Waals surface area contributed by atoms with E-state index < -0.39 is 16.4 Å².